The van der Waals surface area contributed by atoms with Crippen LogP contribution in [0.2, 0.25) is 0 Å². The molecular weight excluding hydrogens is 156 g/mol. The predicted octanol–water partition coefficient (Wildman–Crippen LogP) is 4.07. The van der Waals surface area contributed by atoms with E-state index < -0.39 is 0 Å². The van der Waals surface area contributed by atoms with E-state index in [9.17, 15) is 0 Å². The van der Waals surface area contributed by atoms with Crippen LogP contribution in [0, 0.1) is 13.8 Å². The summed E-state index contributed by atoms with van der Waals surface area (Å²) in [6.07, 6.45) is 1.94. The molecular formula is C13H18. The minimum absolute atomic E-state index is 0.608. The van der Waals surface area contributed by atoms with Gasteiger partial charge in [0.15, 0.2) is 0 Å². The average molecular weight is 174 g/mol. The Kier molecular flexibility index (Phi) is 2.92. The predicted molar refractivity (Wildman–Crippen MR) is 60.1 cm³/mol. The Labute approximate surface area is 81.3 Å². The maximum atomic E-state index is 3.83. The fourth-order valence-electron chi connectivity index (χ4n) is 1.66. The van der Waals surface area contributed by atoms with E-state index in [2.05, 4.69) is 46.4 Å². The lowest BCUT2D eigenvalue weighted by Gasteiger charge is -2.11. The van der Waals surface area contributed by atoms with Crippen molar-refractivity contribution in [2.75, 3.05) is 0 Å². The molecule has 1 aromatic rings. The monoisotopic (exact) mass is 174 g/mol. The molecule has 0 N–H and O–H groups in total. The zero-order valence-electron chi connectivity index (χ0n) is 9.02. The van der Waals surface area contributed by atoms with Crippen molar-refractivity contribution in [1.82, 2.24) is 0 Å². The van der Waals surface area contributed by atoms with Crippen molar-refractivity contribution < 1.29 is 0 Å². The Morgan fingerprint density at radius 2 is 1.62 bits per heavy atom. The fraction of sp³-hybridized carbons (Fsp3) is 0.385. The number of aryl methyl sites for hydroxylation is 2. The van der Waals surface area contributed by atoms with Crippen molar-refractivity contribution in [3.05, 3.63) is 41.0 Å². The van der Waals surface area contributed by atoms with Gasteiger partial charge in [0.05, 0.1) is 0 Å². The molecule has 0 fully saturated rings. The lowest BCUT2D eigenvalue weighted by Crippen LogP contribution is -1.93. The van der Waals surface area contributed by atoms with Gasteiger partial charge in [-0.25, -0.2) is 0 Å². The van der Waals surface area contributed by atoms with Gasteiger partial charge < -0.3 is 0 Å². The highest BCUT2D eigenvalue weighted by Crippen LogP contribution is 2.22. The first kappa shape index (κ1) is 10.0. The molecule has 0 aliphatic heterocycles. The summed E-state index contributed by atoms with van der Waals surface area (Å²) < 4.78 is 0. The Bertz CT molecular complexity index is 296. The highest BCUT2D eigenvalue weighted by atomic mass is 14.1. The first-order valence-corrected chi connectivity index (χ1v) is 4.79. The lowest BCUT2D eigenvalue weighted by molar-refractivity contribution is 0.862. The summed E-state index contributed by atoms with van der Waals surface area (Å²) in [5.41, 5.74) is 5.36. The number of benzene rings is 1. The molecule has 0 spiro atoms. The van der Waals surface area contributed by atoms with Crippen LogP contribution < -0.4 is 0 Å². The van der Waals surface area contributed by atoms with Crippen molar-refractivity contribution in [3.63, 3.8) is 0 Å². The van der Waals surface area contributed by atoms with Gasteiger partial charge in [0.1, 0.15) is 0 Å². The molecule has 0 nitrogen and oxygen atoms in total. The summed E-state index contributed by atoms with van der Waals surface area (Å²) in [6.45, 7) is 12.6. The van der Waals surface area contributed by atoms with Crippen LogP contribution in [0.25, 0.3) is 6.08 Å². The minimum Gasteiger partial charge on any atom is -0.0985 e. The first-order valence-electron chi connectivity index (χ1n) is 4.79. The number of rotatable bonds is 2. The zero-order valence-corrected chi connectivity index (χ0v) is 9.02. The highest BCUT2D eigenvalue weighted by molar-refractivity contribution is 5.57. The molecule has 0 heteroatoms. The Balaban J connectivity index is 3.28. The van der Waals surface area contributed by atoms with Gasteiger partial charge in [-0.2, -0.15) is 0 Å². The summed E-state index contributed by atoms with van der Waals surface area (Å²) in [5, 5.41) is 0. The molecule has 1 rings (SSSR count). The van der Waals surface area contributed by atoms with Gasteiger partial charge in [0.2, 0.25) is 0 Å². The van der Waals surface area contributed by atoms with E-state index in [-0.39, 0.29) is 0 Å². The van der Waals surface area contributed by atoms with Gasteiger partial charge in [0, 0.05) is 0 Å². The van der Waals surface area contributed by atoms with Crippen molar-refractivity contribution in [2.24, 2.45) is 0 Å². The quantitative estimate of drug-likeness (QED) is 0.634. The van der Waals surface area contributed by atoms with Crippen molar-refractivity contribution in [1.29, 1.82) is 0 Å². The van der Waals surface area contributed by atoms with Crippen molar-refractivity contribution in [3.8, 4) is 0 Å². The maximum absolute atomic E-state index is 3.83. The third-order valence-electron chi connectivity index (χ3n) is 2.49. The maximum Gasteiger partial charge on any atom is -0.0204 e. The van der Waals surface area contributed by atoms with Gasteiger partial charge in [-0.15, -0.1) is 0 Å². The minimum atomic E-state index is 0.608. The Morgan fingerprint density at radius 1 is 1.15 bits per heavy atom. The van der Waals surface area contributed by atoms with E-state index in [1.54, 1.807) is 0 Å². The topological polar surface area (TPSA) is 0 Å². The van der Waals surface area contributed by atoms with E-state index in [4.69, 9.17) is 0 Å². The highest BCUT2D eigenvalue weighted by Gasteiger charge is 2.04. The van der Waals surface area contributed by atoms with Crippen LogP contribution >= 0.6 is 0 Å². The third kappa shape index (κ3) is 2.00. The molecule has 0 radical (unpaired) electrons. The molecule has 0 atom stereocenters. The second-order valence-corrected chi connectivity index (χ2v) is 3.93. The SMILES string of the molecule is C=Cc1c(C)cc(C(C)C)cc1C. The van der Waals surface area contributed by atoms with E-state index in [0.29, 0.717) is 5.92 Å². The standard InChI is InChI=1S/C13H18/c1-6-13-10(4)7-12(9(2)3)8-11(13)5/h6-9H,1H2,2-5H3. The molecule has 0 bridgehead atoms. The van der Waals surface area contributed by atoms with Crippen LogP contribution in [-0.2, 0) is 0 Å². The molecule has 0 aromatic heterocycles. The summed E-state index contributed by atoms with van der Waals surface area (Å²) in [7, 11) is 0. The summed E-state index contributed by atoms with van der Waals surface area (Å²) >= 11 is 0. The van der Waals surface area contributed by atoms with E-state index in [1.165, 1.54) is 22.3 Å². The van der Waals surface area contributed by atoms with Crippen LogP contribution in [0.15, 0.2) is 18.7 Å². The van der Waals surface area contributed by atoms with Crippen molar-refractivity contribution >= 4 is 6.08 Å². The normalized spacial score (nSPS) is 10.5. The molecule has 0 aliphatic carbocycles. The molecule has 70 valence electrons. The number of hydrogen-bond donors (Lipinski definition) is 0. The fourth-order valence-corrected chi connectivity index (χ4v) is 1.66. The van der Waals surface area contributed by atoms with E-state index >= 15 is 0 Å². The van der Waals surface area contributed by atoms with Gasteiger partial charge in [-0.1, -0.05) is 38.6 Å². The summed E-state index contributed by atoms with van der Waals surface area (Å²) in [4.78, 5) is 0. The zero-order chi connectivity index (χ0) is 10.0. The van der Waals surface area contributed by atoms with Crippen LogP contribution in [0.1, 0.15) is 42.0 Å². The molecule has 13 heavy (non-hydrogen) atoms. The van der Waals surface area contributed by atoms with E-state index in [0.717, 1.165) is 0 Å². The Morgan fingerprint density at radius 3 is 1.92 bits per heavy atom. The van der Waals surface area contributed by atoms with Gasteiger partial charge in [-0.3, -0.25) is 0 Å². The van der Waals surface area contributed by atoms with Crippen LogP contribution in [0.4, 0.5) is 0 Å². The first-order chi connectivity index (χ1) is 6.06. The second kappa shape index (κ2) is 3.78. The molecule has 0 heterocycles. The molecule has 0 saturated carbocycles. The summed E-state index contributed by atoms with van der Waals surface area (Å²) in [6, 6.07) is 4.52. The van der Waals surface area contributed by atoms with Crippen LogP contribution in [-0.4, -0.2) is 0 Å². The largest absolute Gasteiger partial charge is 0.0985 e. The molecule has 1 aromatic carbocycles. The third-order valence-corrected chi connectivity index (χ3v) is 2.49. The van der Waals surface area contributed by atoms with Gasteiger partial charge in [0.25, 0.3) is 0 Å². The second-order valence-electron chi connectivity index (χ2n) is 3.93. The molecule has 0 amide bonds. The molecule has 0 unspecified atom stereocenters. The van der Waals surface area contributed by atoms with Crippen LogP contribution in [0.5, 0.6) is 0 Å². The molecule has 0 saturated heterocycles. The van der Waals surface area contributed by atoms with Crippen LogP contribution in [0.3, 0.4) is 0 Å². The van der Waals surface area contributed by atoms with Gasteiger partial charge in [-0.05, 0) is 42.0 Å². The average Bonchev–Trinajstić information content (AvgIpc) is 2.03. The number of hydrogen-bond acceptors (Lipinski definition) is 0. The summed E-state index contributed by atoms with van der Waals surface area (Å²) in [5.74, 6) is 0.608. The smallest absolute Gasteiger partial charge is 0.0204 e. The van der Waals surface area contributed by atoms with Gasteiger partial charge >= 0.3 is 0 Å². The van der Waals surface area contributed by atoms with E-state index in [1.807, 2.05) is 6.08 Å². The Hall–Kier alpha value is -1.04. The van der Waals surface area contributed by atoms with Crippen molar-refractivity contribution in [2.45, 2.75) is 33.6 Å². The lowest BCUT2D eigenvalue weighted by atomic mass is 9.94. The molecule has 0 aliphatic rings.